The van der Waals surface area contributed by atoms with Crippen molar-refractivity contribution in [2.24, 2.45) is 0 Å². The van der Waals surface area contributed by atoms with Gasteiger partial charge in [0.15, 0.2) is 5.82 Å². The summed E-state index contributed by atoms with van der Waals surface area (Å²) in [5.41, 5.74) is 2.39. The summed E-state index contributed by atoms with van der Waals surface area (Å²) in [6.45, 7) is 4.78. The van der Waals surface area contributed by atoms with Gasteiger partial charge >= 0.3 is 0 Å². The number of piperazine rings is 1. The second-order valence-electron chi connectivity index (χ2n) is 8.67. The Kier molecular flexibility index (Phi) is 6.04. The summed E-state index contributed by atoms with van der Waals surface area (Å²) in [5, 5.41) is 12.9. The number of rotatable bonds is 6. The van der Waals surface area contributed by atoms with E-state index >= 15 is 0 Å². The van der Waals surface area contributed by atoms with Crippen LogP contribution in [0.3, 0.4) is 0 Å². The first-order valence-electron chi connectivity index (χ1n) is 11.3. The van der Waals surface area contributed by atoms with Crippen molar-refractivity contribution >= 4 is 0 Å². The maximum absolute atomic E-state index is 13.7. The van der Waals surface area contributed by atoms with E-state index in [0.717, 1.165) is 57.0 Å². The van der Waals surface area contributed by atoms with E-state index in [1.807, 2.05) is 16.8 Å². The number of tetrazole rings is 1. The van der Waals surface area contributed by atoms with Gasteiger partial charge in [-0.2, -0.15) is 0 Å². The molecule has 1 aliphatic carbocycles. The van der Waals surface area contributed by atoms with E-state index in [9.17, 15) is 4.39 Å². The number of benzene rings is 2. The molecule has 1 saturated carbocycles. The van der Waals surface area contributed by atoms with E-state index in [-0.39, 0.29) is 11.9 Å². The fourth-order valence-electron chi connectivity index (χ4n) is 4.98. The van der Waals surface area contributed by atoms with Crippen LogP contribution in [0.4, 0.5) is 4.39 Å². The fourth-order valence-corrected chi connectivity index (χ4v) is 4.98. The van der Waals surface area contributed by atoms with E-state index in [1.165, 1.54) is 30.5 Å². The zero-order valence-corrected chi connectivity index (χ0v) is 17.8. The highest BCUT2D eigenvalue weighted by molar-refractivity contribution is 5.26. The summed E-state index contributed by atoms with van der Waals surface area (Å²) in [6.07, 6.45) is 4.70. The minimum atomic E-state index is -0.217. The molecule has 1 aromatic heterocycles. The molecule has 0 radical (unpaired) electrons. The minimum Gasteiger partial charge on any atom is -0.297 e. The first-order valence-corrected chi connectivity index (χ1v) is 11.3. The summed E-state index contributed by atoms with van der Waals surface area (Å²) in [6, 6.07) is 17.8. The molecule has 162 valence electrons. The number of hydrogen-bond acceptors (Lipinski definition) is 5. The average molecular weight is 421 g/mol. The Morgan fingerprint density at radius 2 is 1.61 bits per heavy atom. The molecule has 6 nitrogen and oxygen atoms in total. The molecule has 2 fully saturated rings. The lowest BCUT2D eigenvalue weighted by atomic mass is 10.0. The third-order valence-corrected chi connectivity index (χ3v) is 6.64. The van der Waals surface area contributed by atoms with Gasteiger partial charge in [-0.25, -0.2) is 9.07 Å². The summed E-state index contributed by atoms with van der Waals surface area (Å²) in [5.74, 6) is 0.667. The van der Waals surface area contributed by atoms with Crippen molar-refractivity contribution in [3.05, 3.63) is 77.4 Å². The topological polar surface area (TPSA) is 50.1 Å². The summed E-state index contributed by atoms with van der Waals surface area (Å²) in [7, 11) is 0. The Labute approximate surface area is 182 Å². The van der Waals surface area contributed by atoms with Gasteiger partial charge in [-0.05, 0) is 46.5 Å². The van der Waals surface area contributed by atoms with Gasteiger partial charge in [0, 0.05) is 32.7 Å². The molecule has 7 heteroatoms. The molecule has 1 aliphatic heterocycles. The highest BCUT2D eigenvalue weighted by Gasteiger charge is 2.33. The SMILES string of the molecule is Fc1ccc([C@@H](c2nnnn2C2CCCC2)N2CCN(Cc3ccccc3)CC2)cc1. The molecular formula is C24H29FN6. The number of aromatic nitrogens is 4. The Morgan fingerprint density at radius 1 is 0.903 bits per heavy atom. The van der Waals surface area contributed by atoms with Crippen molar-refractivity contribution in [2.75, 3.05) is 26.2 Å². The summed E-state index contributed by atoms with van der Waals surface area (Å²) >= 11 is 0. The van der Waals surface area contributed by atoms with Gasteiger partial charge in [-0.15, -0.1) is 5.10 Å². The third-order valence-electron chi connectivity index (χ3n) is 6.64. The van der Waals surface area contributed by atoms with Crippen molar-refractivity contribution in [3.8, 4) is 0 Å². The molecule has 0 bridgehead atoms. The van der Waals surface area contributed by atoms with Crippen molar-refractivity contribution < 1.29 is 4.39 Å². The number of hydrogen-bond donors (Lipinski definition) is 0. The summed E-state index contributed by atoms with van der Waals surface area (Å²) < 4.78 is 15.7. The molecule has 0 amide bonds. The highest BCUT2D eigenvalue weighted by atomic mass is 19.1. The van der Waals surface area contributed by atoms with Crippen LogP contribution in [0.1, 0.15) is 54.7 Å². The van der Waals surface area contributed by atoms with Crippen LogP contribution in [0.15, 0.2) is 54.6 Å². The highest BCUT2D eigenvalue weighted by Crippen LogP contribution is 2.34. The lowest BCUT2D eigenvalue weighted by Crippen LogP contribution is -2.48. The van der Waals surface area contributed by atoms with E-state index < -0.39 is 0 Å². The van der Waals surface area contributed by atoms with Crippen molar-refractivity contribution in [2.45, 2.75) is 44.3 Å². The maximum Gasteiger partial charge on any atom is 0.173 e. The van der Waals surface area contributed by atoms with Crippen LogP contribution < -0.4 is 0 Å². The molecule has 5 rings (SSSR count). The first-order chi connectivity index (χ1) is 15.3. The zero-order chi connectivity index (χ0) is 21.0. The quantitative estimate of drug-likeness (QED) is 0.607. The molecule has 2 aliphatic rings. The van der Waals surface area contributed by atoms with Crippen LogP contribution in [0, 0.1) is 5.82 Å². The van der Waals surface area contributed by atoms with Gasteiger partial charge in [0.1, 0.15) is 5.82 Å². The zero-order valence-electron chi connectivity index (χ0n) is 17.8. The Hall–Kier alpha value is -2.64. The summed E-state index contributed by atoms with van der Waals surface area (Å²) in [4.78, 5) is 4.94. The van der Waals surface area contributed by atoms with E-state index in [0.29, 0.717) is 6.04 Å². The monoisotopic (exact) mass is 420 g/mol. The third kappa shape index (κ3) is 4.52. The van der Waals surface area contributed by atoms with Crippen LogP contribution in [-0.4, -0.2) is 56.2 Å². The lowest BCUT2D eigenvalue weighted by Gasteiger charge is -2.39. The van der Waals surface area contributed by atoms with Gasteiger partial charge in [0.05, 0.1) is 12.1 Å². The van der Waals surface area contributed by atoms with E-state index in [4.69, 9.17) is 0 Å². The van der Waals surface area contributed by atoms with Crippen LogP contribution in [-0.2, 0) is 6.54 Å². The molecule has 2 heterocycles. The molecule has 0 unspecified atom stereocenters. The van der Waals surface area contributed by atoms with E-state index in [2.05, 4.69) is 55.7 Å². The predicted molar refractivity (Wildman–Crippen MR) is 117 cm³/mol. The van der Waals surface area contributed by atoms with Gasteiger partial charge in [-0.3, -0.25) is 9.80 Å². The molecule has 3 aromatic rings. The van der Waals surface area contributed by atoms with Gasteiger partial charge in [0.25, 0.3) is 0 Å². The fraction of sp³-hybridized carbons (Fsp3) is 0.458. The molecule has 31 heavy (non-hydrogen) atoms. The Bertz CT molecular complexity index is 959. The van der Waals surface area contributed by atoms with Gasteiger partial charge in [0.2, 0.25) is 0 Å². The second-order valence-corrected chi connectivity index (χ2v) is 8.67. The largest absolute Gasteiger partial charge is 0.297 e. The lowest BCUT2D eigenvalue weighted by molar-refractivity contribution is 0.0993. The maximum atomic E-state index is 13.7. The van der Waals surface area contributed by atoms with Crippen molar-refractivity contribution in [1.82, 2.24) is 30.0 Å². The van der Waals surface area contributed by atoms with Crippen LogP contribution in [0.25, 0.3) is 0 Å². The van der Waals surface area contributed by atoms with Crippen LogP contribution in [0.2, 0.25) is 0 Å². The molecule has 1 saturated heterocycles. The van der Waals surface area contributed by atoms with Gasteiger partial charge in [-0.1, -0.05) is 55.3 Å². The van der Waals surface area contributed by atoms with Crippen molar-refractivity contribution in [3.63, 3.8) is 0 Å². The average Bonchev–Trinajstić information content (AvgIpc) is 3.49. The first kappa shape index (κ1) is 20.3. The number of nitrogens with zero attached hydrogens (tertiary/aromatic N) is 6. The number of halogens is 1. The smallest absolute Gasteiger partial charge is 0.173 e. The molecule has 0 N–H and O–H groups in total. The standard InChI is InChI=1S/C24H29FN6/c25-21-12-10-20(11-13-21)23(24-26-27-28-31(24)22-8-4-5-9-22)30-16-14-29(15-17-30)18-19-6-2-1-3-7-19/h1-3,6-7,10-13,22-23H,4-5,8-9,14-18H2/t23-/m0/s1. The van der Waals surface area contributed by atoms with Crippen molar-refractivity contribution in [1.29, 1.82) is 0 Å². The van der Waals surface area contributed by atoms with Gasteiger partial charge < -0.3 is 0 Å². The van der Waals surface area contributed by atoms with E-state index in [1.54, 1.807) is 0 Å². The van der Waals surface area contributed by atoms with Crippen LogP contribution >= 0.6 is 0 Å². The molecule has 0 spiro atoms. The minimum absolute atomic E-state index is 0.0601. The molecule has 1 atom stereocenters. The normalized spacial score (nSPS) is 19.6. The Morgan fingerprint density at radius 3 is 2.32 bits per heavy atom. The molecule has 2 aromatic carbocycles. The Balaban J connectivity index is 1.37. The van der Waals surface area contributed by atoms with Crippen LogP contribution in [0.5, 0.6) is 0 Å². The molecular weight excluding hydrogens is 391 g/mol. The second kappa shape index (κ2) is 9.24. The predicted octanol–water partition coefficient (Wildman–Crippen LogP) is 3.83.